The van der Waals surface area contributed by atoms with Gasteiger partial charge in [0.05, 0.1) is 12.9 Å². The summed E-state index contributed by atoms with van der Waals surface area (Å²) in [5.41, 5.74) is 8.14. The molecule has 3 aromatic rings. The zero-order valence-electron chi connectivity index (χ0n) is 13.8. The number of aliphatic hydroxyl groups is 1. The number of rotatable bonds is 5. The zero-order valence-corrected chi connectivity index (χ0v) is 14.6. The number of alkyl halides is 1. The summed E-state index contributed by atoms with van der Waals surface area (Å²) in [6, 6.07) is 10.0. The number of nitrogens with zero attached hydrogens (tertiary/aromatic N) is 4. The van der Waals surface area contributed by atoms with Gasteiger partial charge in [-0.05, 0) is 5.56 Å². The number of halogens is 1. The van der Waals surface area contributed by atoms with E-state index in [0.29, 0.717) is 16.2 Å². The number of imidazole rings is 1. The summed E-state index contributed by atoms with van der Waals surface area (Å²) in [5, 5.41) is 9.86. The standard InChI is InChI=1S/C17H18FN5O2S/c18-11-6-13(25-12(11)7-24)23-9-20-14-15(23)21-17(19)22-16(14)26-8-10-4-2-1-3-5-10/h1-5,9,11-13,24H,6-8H2,(H2,19,21,22)/t11-,12+,13+/m0/s1. The van der Waals surface area contributed by atoms with Crippen molar-refractivity contribution >= 4 is 28.9 Å². The Bertz CT molecular complexity index is 907. The minimum atomic E-state index is -1.23. The number of thioether (sulfide) groups is 1. The third-order valence-corrected chi connectivity index (χ3v) is 5.31. The lowest BCUT2D eigenvalue weighted by molar-refractivity contribution is -0.0323. The molecule has 9 heteroatoms. The Kier molecular flexibility index (Phi) is 4.75. The Balaban J connectivity index is 1.63. The van der Waals surface area contributed by atoms with Gasteiger partial charge in [-0.2, -0.15) is 4.98 Å². The summed E-state index contributed by atoms with van der Waals surface area (Å²) in [6.07, 6.45) is -0.944. The first-order valence-electron chi connectivity index (χ1n) is 8.23. The second-order valence-electron chi connectivity index (χ2n) is 6.05. The van der Waals surface area contributed by atoms with Gasteiger partial charge < -0.3 is 15.6 Å². The van der Waals surface area contributed by atoms with Crippen molar-refractivity contribution in [2.45, 2.75) is 35.7 Å². The van der Waals surface area contributed by atoms with E-state index in [2.05, 4.69) is 15.0 Å². The van der Waals surface area contributed by atoms with Gasteiger partial charge in [-0.1, -0.05) is 42.1 Å². The average molecular weight is 375 g/mol. The van der Waals surface area contributed by atoms with E-state index in [9.17, 15) is 9.50 Å². The molecule has 0 aliphatic carbocycles. The van der Waals surface area contributed by atoms with Crippen LogP contribution >= 0.6 is 11.8 Å². The fourth-order valence-electron chi connectivity index (χ4n) is 2.97. The maximum Gasteiger partial charge on any atom is 0.223 e. The average Bonchev–Trinajstić information content (AvgIpc) is 3.23. The second-order valence-corrected chi connectivity index (χ2v) is 7.01. The molecule has 1 aliphatic heterocycles. The molecule has 2 aromatic heterocycles. The highest BCUT2D eigenvalue weighted by Crippen LogP contribution is 2.34. The molecule has 3 atom stereocenters. The number of nitrogens with two attached hydrogens (primary N) is 1. The van der Waals surface area contributed by atoms with Gasteiger partial charge in [-0.15, -0.1) is 0 Å². The third kappa shape index (κ3) is 3.25. The summed E-state index contributed by atoms with van der Waals surface area (Å²) in [4.78, 5) is 13.0. The van der Waals surface area contributed by atoms with Crippen LogP contribution in [0, 0.1) is 0 Å². The van der Waals surface area contributed by atoms with Crippen molar-refractivity contribution in [3.8, 4) is 0 Å². The molecule has 4 rings (SSSR count). The van der Waals surface area contributed by atoms with Crippen molar-refractivity contribution < 1.29 is 14.2 Å². The predicted octanol–water partition coefficient (Wildman–Crippen LogP) is 2.32. The van der Waals surface area contributed by atoms with Gasteiger partial charge in [0.15, 0.2) is 5.65 Å². The fraction of sp³-hybridized carbons (Fsp3) is 0.353. The number of ether oxygens (including phenoxy) is 1. The van der Waals surface area contributed by atoms with Crippen molar-refractivity contribution in [2.75, 3.05) is 12.3 Å². The van der Waals surface area contributed by atoms with Crippen LogP contribution in [-0.4, -0.2) is 43.5 Å². The van der Waals surface area contributed by atoms with E-state index in [0.717, 1.165) is 11.3 Å². The molecule has 26 heavy (non-hydrogen) atoms. The molecule has 1 saturated heterocycles. The van der Waals surface area contributed by atoms with E-state index in [4.69, 9.17) is 10.5 Å². The highest BCUT2D eigenvalue weighted by molar-refractivity contribution is 7.98. The van der Waals surface area contributed by atoms with E-state index < -0.39 is 18.5 Å². The lowest BCUT2D eigenvalue weighted by Gasteiger charge is -2.13. The number of hydrogen-bond acceptors (Lipinski definition) is 7. The SMILES string of the molecule is Nc1nc(SCc2ccccc2)c2ncn([C@H]3C[C@H](F)[C@@H](CO)O3)c2n1. The molecule has 1 aliphatic rings. The van der Waals surface area contributed by atoms with Gasteiger partial charge in [0.25, 0.3) is 0 Å². The van der Waals surface area contributed by atoms with Crippen molar-refractivity contribution in [2.24, 2.45) is 0 Å². The molecule has 1 fully saturated rings. The van der Waals surface area contributed by atoms with Gasteiger partial charge in [-0.25, -0.2) is 14.4 Å². The van der Waals surface area contributed by atoms with Crippen LogP contribution in [0.2, 0.25) is 0 Å². The van der Waals surface area contributed by atoms with Crippen molar-refractivity contribution in [3.05, 3.63) is 42.2 Å². The highest BCUT2D eigenvalue weighted by atomic mass is 32.2. The number of fused-ring (bicyclic) bond motifs is 1. The van der Waals surface area contributed by atoms with Crippen LogP contribution in [0.15, 0.2) is 41.7 Å². The summed E-state index contributed by atoms with van der Waals surface area (Å²) in [7, 11) is 0. The quantitative estimate of drug-likeness (QED) is 0.521. The second kappa shape index (κ2) is 7.18. The molecule has 7 nitrogen and oxygen atoms in total. The Labute approximate surface area is 153 Å². The van der Waals surface area contributed by atoms with Crippen LogP contribution in [-0.2, 0) is 10.5 Å². The number of hydrogen-bond donors (Lipinski definition) is 2. The monoisotopic (exact) mass is 375 g/mol. The van der Waals surface area contributed by atoms with Gasteiger partial charge in [0.2, 0.25) is 5.95 Å². The molecule has 1 aromatic carbocycles. The third-order valence-electron chi connectivity index (χ3n) is 4.28. The Morgan fingerprint density at radius 1 is 1.31 bits per heavy atom. The molecule has 0 radical (unpaired) electrons. The van der Waals surface area contributed by atoms with E-state index in [1.54, 1.807) is 10.9 Å². The summed E-state index contributed by atoms with van der Waals surface area (Å²) >= 11 is 1.52. The molecule has 0 bridgehead atoms. The smallest absolute Gasteiger partial charge is 0.223 e. The van der Waals surface area contributed by atoms with E-state index in [-0.39, 0.29) is 19.0 Å². The summed E-state index contributed by atoms with van der Waals surface area (Å²) < 4.78 is 21.1. The first kappa shape index (κ1) is 17.2. The molecule has 0 spiro atoms. The molecule has 0 unspecified atom stereocenters. The summed E-state index contributed by atoms with van der Waals surface area (Å²) in [6.45, 7) is -0.362. The number of aliphatic hydroxyl groups excluding tert-OH is 1. The van der Waals surface area contributed by atoms with Crippen molar-refractivity contribution in [3.63, 3.8) is 0 Å². The van der Waals surface area contributed by atoms with Crippen LogP contribution in [0.3, 0.4) is 0 Å². The molecule has 3 heterocycles. The van der Waals surface area contributed by atoms with Gasteiger partial charge in [-0.3, -0.25) is 4.57 Å². The molecular weight excluding hydrogens is 357 g/mol. The molecule has 0 saturated carbocycles. The fourth-order valence-corrected chi connectivity index (χ4v) is 3.90. The summed E-state index contributed by atoms with van der Waals surface area (Å²) in [5.74, 6) is 0.849. The maximum absolute atomic E-state index is 13.9. The number of anilines is 1. The van der Waals surface area contributed by atoms with E-state index in [1.807, 2.05) is 30.3 Å². The minimum Gasteiger partial charge on any atom is -0.394 e. The zero-order chi connectivity index (χ0) is 18.1. The van der Waals surface area contributed by atoms with Gasteiger partial charge in [0, 0.05) is 12.2 Å². The predicted molar refractivity (Wildman–Crippen MR) is 96.2 cm³/mol. The Hall–Kier alpha value is -2.23. The molecule has 0 amide bonds. The van der Waals surface area contributed by atoms with Crippen LogP contribution in [0.25, 0.3) is 11.2 Å². The lowest BCUT2D eigenvalue weighted by Crippen LogP contribution is -2.21. The Morgan fingerprint density at radius 2 is 2.12 bits per heavy atom. The number of aromatic nitrogens is 4. The largest absolute Gasteiger partial charge is 0.394 e. The van der Waals surface area contributed by atoms with Crippen LogP contribution < -0.4 is 5.73 Å². The lowest BCUT2D eigenvalue weighted by atomic mass is 10.2. The highest BCUT2D eigenvalue weighted by Gasteiger charge is 2.36. The molecular formula is C17H18FN5O2S. The topological polar surface area (TPSA) is 99.1 Å². The van der Waals surface area contributed by atoms with Gasteiger partial charge >= 0.3 is 0 Å². The first-order chi connectivity index (χ1) is 12.7. The number of benzene rings is 1. The first-order valence-corrected chi connectivity index (χ1v) is 9.21. The van der Waals surface area contributed by atoms with Crippen molar-refractivity contribution in [1.29, 1.82) is 0 Å². The van der Waals surface area contributed by atoms with E-state index >= 15 is 0 Å². The van der Waals surface area contributed by atoms with Crippen LogP contribution in [0.5, 0.6) is 0 Å². The number of nitrogen functional groups attached to an aromatic ring is 1. The van der Waals surface area contributed by atoms with E-state index in [1.165, 1.54) is 11.8 Å². The van der Waals surface area contributed by atoms with Crippen LogP contribution in [0.4, 0.5) is 10.3 Å². The maximum atomic E-state index is 13.9. The van der Waals surface area contributed by atoms with Crippen LogP contribution in [0.1, 0.15) is 18.2 Å². The molecule has 3 N–H and O–H groups in total. The van der Waals surface area contributed by atoms with Crippen molar-refractivity contribution in [1.82, 2.24) is 19.5 Å². The normalized spacial score (nSPS) is 22.9. The van der Waals surface area contributed by atoms with Gasteiger partial charge in [0.1, 0.15) is 29.0 Å². The molecule has 136 valence electrons. The Morgan fingerprint density at radius 3 is 2.85 bits per heavy atom. The minimum absolute atomic E-state index is 0.128.